The number of hydrogen-bond acceptors (Lipinski definition) is 5. The van der Waals surface area contributed by atoms with Crippen molar-refractivity contribution in [1.29, 1.82) is 0 Å². The van der Waals surface area contributed by atoms with E-state index in [0.717, 1.165) is 30.8 Å². The van der Waals surface area contributed by atoms with Gasteiger partial charge in [0, 0.05) is 38.3 Å². The second-order valence-corrected chi connectivity index (χ2v) is 7.06. The van der Waals surface area contributed by atoms with Crippen molar-refractivity contribution in [3.63, 3.8) is 0 Å². The molecule has 2 heterocycles. The lowest BCUT2D eigenvalue weighted by molar-refractivity contribution is 0.133. The van der Waals surface area contributed by atoms with E-state index in [1.54, 1.807) is 6.07 Å². The Labute approximate surface area is 153 Å². The summed E-state index contributed by atoms with van der Waals surface area (Å²) in [6, 6.07) is 7.01. The number of aliphatic hydroxyl groups is 1. The summed E-state index contributed by atoms with van der Waals surface area (Å²) in [6.07, 6.45) is 0.358. The van der Waals surface area contributed by atoms with Crippen molar-refractivity contribution in [3.05, 3.63) is 47.0 Å². The molecule has 1 atom stereocenters. The van der Waals surface area contributed by atoms with Gasteiger partial charge in [-0.05, 0) is 32.6 Å². The number of rotatable bonds is 6. The van der Waals surface area contributed by atoms with Crippen molar-refractivity contribution in [2.75, 3.05) is 34.3 Å². The SMILES string of the molecule is COc1c(F)cccc1CN1CCCn2nc(C(O)CN(C)C)cc2C1. The van der Waals surface area contributed by atoms with Crippen LogP contribution < -0.4 is 4.74 Å². The fraction of sp³-hybridized carbons (Fsp3) is 0.526. The number of para-hydroxylation sites is 1. The molecule has 0 saturated carbocycles. The van der Waals surface area contributed by atoms with Crippen LogP contribution in [0.15, 0.2) is 24.3 Å². The van der Waals surface area contributed by atoms with Crippen LogP contribution in [0.4, 0.5) is 4.39 Å². The average Bonchev–Trinajstić information content (AvgIpc) is 2.88. The minimum absolute atomic E-state index is 0.312. The quantitative estimate of drug-likeness (QED) is 0.852. The molecule has 0 bridgehead atoms. The minimum Gasteiger partial charge on any atom is -0.493 e. The lowest BCUT2D eigenvalue weighted by Crippen LogP contribution is -2.23. The smallest absolute Gasteiger partial charge is 0.165 e. The van der Waals surface area contributed by atoms with Crippen molar-refractivity contribution in [2.45, 2.75) is 32.2 Å². The molecule has 0 amide bonds. The van der Waals surface area contributed by atoms with Crippen LogP contribution in [0.2, 0.25) is 0 Å². The molecule has 1 aliphatic heterocycles. The number of benzene rings is 1. The maximum atomic E-state index is 13.9. The molecular weight excluding hydrogens is 335 g/mol. The first-order chi connectivity index (χ1) is 12.5. The number of aliphatic hydroxyl groups excluding tert-OH is 1. The zero-order valence-corrected chi connectivity index (χ0v) is 15.7. The van der Waals surface area contributed by atoms with Crippen LogP contribution in [0, 0.1) is 5.82 Å². The number of hydrogen-bond donors (Lipinski definition) is 1. The molecule has 0 radical (unpaired) electrons. The van der Waals surface area contributed by atoms with E-state index >= 15 is 0 Å². The van der Waals surface area contributed by atoms with Gasteiger partial charge in [0.1, 0.15) is 6.10 Å². The van der Waals surface area contributed by atoms with Gasteiger partial charge in [0.15, 0.2) is 11.6 Å². The molecular formula is C19H27FN4O2. The van der Waals surface area contributed by atoms with Crippen LogP contribution in [-0.2, 0) is 19.6 Å². The first-order valence-corrected chi connectivity index (χ1v) is 8.91. The summed E-state index contributed by atoms with van der Waals surface area (Å²) in [7, 11) is 5.36. The standard InChI is InChI=1S/C19H27FN4O2/c1-22(2)13-18(25)17-10-15-12-23(8-5-9-24(15)21-17)11-14-6-4-7-16(20)19(14)26-3/h4,6-7,10,18,25H,5,8-9,11-13H2,1-3H3. The Morgan fingerprint density at radius 3 is 2.88 bits per heavy atom. The van der Waals surface area contributed by atoms with E-state index < -0.39 is 6.10 Å². The van der Waals surface area contributed by atoms with Gasteiger partial charge in [0.2, 0.25) is 0 Å². The van der Waals surface area contributed by atoms with E-state index in [1.165, 1.54) is 13.2 Å². The highest BCUT2D eigenvalue weighted by Crippen LogP contribution is 2.26. The molecule has 1 N–H and O–H groups in total. The Kier molecular flexibility index (Phi) is 5.90. The minimum atomic E-state index is -0.596. The Morgan fingerprint density at radius 2 is 2.15 bits per heavy atom. The van der Waals surface area contributed by atoms with E-state index in [9.17, 15) is 9.50 Å². The highest BCUT2D eigenvalue weighted by atomic mass is 19.1. The highest BCUT2D eigenvalue weighted by Gasteiger charge is 2.21. The molecule has 26 heavy (non-hydrogen) atoms. The Morgan fingerprint density at radius 1 is 1.35 bits per heavy atom. The van der Waals surface area contributed by atoms with Crippen molar-refractivity contribution in [1.82, 2.24) is 19.6 Å². The molecule has 1 aliphatic rings. The first-order valence-electron chi connectivity index (χ1n) is 8.91. The number of methoxy groups -OCH3 is 1. The molecule has 3 rings (SSSR count). The van der Waals surface area contributed by atoms with Gasteiger partial charge in [-0.25, -0.2) is 4.39 Å². The zero-order chi connectivity index (χ0) is 18.7. The molecule has 0 fully saturated rings. The molecule has 2 aromatic rings. The number of aromatic nitrogens is 2. The second-order valence-electron chi connectivity index (χ2n) is 7.06. The number of ether oxygens (including phenoxy) is 1. The molecule has 142 valence electrons. The Bertz CT molecular complexity index is 747. The fourth-order valence-electron chi connectivity index (χ4n) is 3.44. The molecule has 6 nitrogen and oxygen atoms in total. The molecule has 0 spiro atoms. The molecule has 0 saturated heterocycles. The van der Waals surface area contributed by atoms with Crippen molar-refractivity contribution >= 4 is 0 Å². The van der Waals surface area contributed by atoms with Crippen LogP contribution in [0.25, 0.3) is 0 Å². The summed E-state index contributed by atoms with van der Waals surface area (Å²) >= 11 is 0. The second kappa shape index (κ2) is 8.16. The van der Waals surface area contributed by atoms with Crippen LogP contribution in [-0.4, -0.2) is 59.0 Å². The monoisotopic (exact) mass is 362 g/mol. The summed E-state index contributed by atoms with van der Waals surface area (Å²) in [5.41, 5.74) is 2.62. The summed E-state index contributed by atoms with van der Waals surface area (Å²) in [5, 5.41) is 14.9. The van der Waals surface area contributed by atoms with Gasteiger partial charge in [-0.1, -0.05) is 12.1 Å². The van der Waals surface area contributed by atoms with Gasteiger partial charge >= 0.3 is 0 Å². The first kappa shape index (κ1) is 18.8. The number of likely N-dealkylation sites (N-methyl/N-ethyl adjacent to an activating group) is 1. The van der Waals surface area contributed by atoms with Gasteiger partial charge in [-0.15, -0.1) is 0 Å². The van der Waals surface area contributed by atoms with E-state index in [1.807, 2.05) is 35.8 Å². The third kappa shape index (κ3) is 4.23. The molecule has 0 aliphatic carbocycles. The van der Waals surface area contributed by atoms with E-state index in [4.69, 9.17) is 4.74 Å². The number of fused-ring (bicyclic) bond motifs is 1. The highest BCUT2D eigenvalue weighted by molar-refractivity contribution is 5.35. The number of nitrogens with zero attached hydrogens (tertiary/aromatic N) is 4. The number of halogens is 1. The normalized spacial score (nSPS) is 16.4. The maximum absolute atomic E-state index is 13.9. The van der Waals surface area contributed by atoms with Gasteiger partial charge in [0.05, 0.1) is 18.5 Å². The third-order valence-corrected chi connectivity index (χ3v) is 4.64. The van der Waals surface area contributed by atoms with Crippen LogP contribution in [0.1, 0.15) is 29.5 Å². The largest absolute Gasteiger partial charge is 0.493 e. The molecule has 1 unspecified atom stereocenters. The van der Waals surface area contributed by atoms with Gasteiger partial charge in [-0.3, -0.25) is 9.58 Å². The Balaban J connectivity index is 1.76. The van der Waals surface area contributed by atoms with Gasteiger partial charge in [-0.2, -0.15) is 5.10 Å². The predicted molar refractivity (Wildman–Crippen MR) is 97.4 cm³/mol. The van der Waals surface area contributed by atoms with Crippen LogP contribution >= 0.6 is 0 Å². The van der Waals surface area contributed by atoms with Crippen molar-refractivity contribution in [2.24, 2.45) is 0 Å². The lowest BCUT2D eigenvalue weighted by Gasteiger charge is -2.21. The summed E-state index contributed by atoms with van der Waals surface area (Å²) in [5.74, 6) is -0.0219. The van der Waals surface area contributed by atoms with Gasteiger partial charge < -0.3 is 14.7 Å². The lowest BCUT2D eigenvalue weighted by atomic mass is 10.1. The zero-order valence-electron chi connectivity index (χ0n) is 15.7. The third-order valence-electron chi connectivity index (χ3n) is 4.64. The van der Waals surface area contributed by atoms with Gasteiger partial charge in [0.25, 0.3) is 0 Å². The Hall–Kier alpha value is -1.96. The van der Waals surface area contributed by atoms with Crippen molar-refractivity contribution < 1.29 is 14.2 Å². The maximum Gasteiger partial charge on any atom is 0.165 e. The van der Waals surface area contributed by atoms with Crippen LogP contribution in [0.3, 0.4) is 0 Å². The van der Waals surface area contributed by atoms with Crippen molar-refractivity contribution in [3.8, 4) is 5.75 Å². The summed E-state index contributed by atoms with van der Waals surface area (Å²) in [4.78, 5) is 4.21. The molecule has 7 heteroatoms. The van der Waals surface area contributed by atoms with E-state index in [-0.39, 0.29) is 5.82 Å². The summed E-state index contributed by atoms with van der Waals surface area (Å²) < 4.78 is 21.1. The fourth-order valence-corrected chi connectivity index (χ4v) is 3.44. The van der Waals surface area contributed by atoms with E-state index in [0.29, 0.717) is 31.1 Å². The topological polar surface area (TPSA) is 53.8 Å². The average molecular weight is 362 g/mol. The van der Waals surface area contributed by atoms with E-state index in [2.05, 4.69) is 10.00 Å². The molecule has 1 aromatic carbocycles. The molecule has 1 aromatic heterocycles. The van der Waals surface area contributed by atoms with Crippen LogP contribution in [0.5, 0.6) is 5.75 Å². The number of aryl methyl sites for hydroxylation is 1. The predicted octanol–water partition coefficient (Wildman–Crippen LogP) is 2.03. The summed E-state index contributed by atoms with van der Waals surface area (Å²) in [6.45, 7) is 3.59.